The third-order valence-corrected chi connectivity index (χ3v) is 3.35. The lowest BCUT2D eigenvalue weighted by atomic mass is 10.2. The molecule has 0 N–H and O–H groups in total. The number of hydrogen-bond donors (Lipinski definition) is 0. The minimum Gasteiger partial charge on any atom is -0.341 e. The SMILES string of the molecule is CCC(C)N(C)C(=O)Cn1nnc2ccccc21. The Balaban J connectivity index is 2.16. The molecule has 18 heavy (non-hydrogen) atoms. The number of nitrogens with zero attached hydrogens (tertiary/aromatic N) is 4. The summed E-state index contributed by atoms with van der Waals surface area (Å²) in [6.45, 7) is 4.35. The van der Waals surface area contributed by atoms with Crippen LogP contribution in [0, 0.1) is 0 Å². The monoisotopic (exact) mass is 246 g/mol. The van der Waals surface area contributed by atoms with Crippen molar-refractivity contribution in [2.45, 2.75) is 32.9 Å². The van der Waals surface area contributed by atoms with E-state index in [0.29, 0.717) is 0 Å². The third kappa shape index (κ3) is 2.34. The maximum absolute atomic E-state index is 12.1. The molecule has 1 amide bonds. The first-order valence-electron chi connectivity index (χ1n) is 6.17. The van der Waals surface area contributed by atoms with Gasteiger partial charge in [0.1, 0.15) is 12.1 Å². The number of aromatic nitrogens is 3. The van der Waals surface area contributed by atoms with Crippen LogP contribution in [-0.4, -0.2) is 38.9 Å². The molecule has 0 radical (unpaired) electrons. The summed E-state index contributed by atoms with van der Waals surface area (Å²) in [7, 11) is 1.83. The fraction of sp³-hybridized carbons (Fsp3) is 0.462. The Bertz CT molecular complexity index is 549. The molecule has 5 heteroatoms. The van der Waals surface area contributed by atoms with Crippen molar-refractivity contribution in [1.82, 2.24) is 19.9 Å². The van der Waals surface area contributed by atoms with E-state index >= 15 is 0 Å². The first-order chi connectivity index (χ1) is 8.63. The fourth-order valence-corrected chi connectivity index (χ4v) is 1.79. The highest BCUT2D eigenvalue weighted by Gasteiger charge is 2.16. The van der Waals surface area contributed by atoms with Crippen LogP contribution in [0.15, 0.2) is 24.3 Å². The maximum atomic E-state index is 12.1. The Morgan fingerprint density at radius 3 is 2.89 bits per heavy atom. The average Bonchev–Trinajstić information content (AvgIpc) is 2.80. The lowest BCUT2D eigenvalue weighted by Gasteiger charge is -2.23. The zero-order chi connectivity index (χ0) is 13.1. The Labute approximate surface area is 106 Å². The highest BCUT2D eigenvalue weighted by Crippen LogP contribution is 2.10. The molecule has 96 valence electrons. The van der Waals surface area contributed by atoms with Gasteiger partial charge in [-0.25, -0.2) is 4.68 Å². The summed E-state index contributed by atoms with van der Waals surface area (Å²) in [5.41, 5.74) is 1.71. The van der Waals surface area contributed by atoms with Gasteiger partial charge in [-0.1, -0.05) is 24.3 Å². The standard InChI is InChI=1S/C13H18N4O/c1-4-10(2)16(3)13(18)9-17-12-8-6-5-7-11(12)14-15-17/h5-8,10H,4,9H2,1-3H3. The molecule has 0 aliphatic rings. The molecule has 0 aliphatic heterocycles. The molecule has 1 aromatic carbocycles. The van der Waals surface area contributed by atoms with Gasteiger partial charge in [-0.15, -0.1) is 5.10 Å². The Kier molecular flexibility index (Phi) is 3.60. The van der Waals surface area contributed by atoms with Crippen molar-refractivity contribution in [2.24, 2.45) is 0 Å². The zero-order valence-electron chi connectivity index (χ0n) is 11.0. The van der Waals surface area contributed by atoms with E-state index in [1.165, 1.54) is 0 Å². The second-order valence-corrected chi connectivity index (χ2v) is 4.50. The molecule has 0 saturated heterocycles. The molecule has 1 aromatic heterocycles. The van der Waals surface area contributed by atoms with E-state index < -0.39 is 0 Å². The van der Waals surface area contributed by atoms with E-state index in [4.69, 9.17) is 0 Å². The number of carbonyl (C=O) groups excluding carboxylic acids is 1. The summed E-state index contributed by atoms with van der Waals surface area (Å²) in [5.74, 6) is 0.0556. The molecule has 1 atom stereocenters. The normalized spacial score (nSPS) is 12.6. The Morgan fingerprint density at radius 2 is 2.17 bits per heavy atom. The van der Waals surface area contributed by atoms with Crippen LogP contribution >= 0.6 is 0 Å². The van der Waals surface area contributed by atoms with Crippen LogP contribution in [0.3, 0.4) is 0 Å². The highest BCUT2D eigenvalue weighted by molar-refractivity contribution is 5.79. The number of fused-ring (bicyclic) bond motifs is 1. The molecular weight excluding hydrogens is 228 g/mol. The largest absolute Gasteiger partial charge is 0.341 e. The third-order valence-electron chi connectivity index (χ3n) is 3.35. The van der Waals surface area contributed by atoms with Crippen LogP contribution in [0.1, 0.15) is 20.3 Å². The second-order valence-electron chi connectivity index (χ2n) is 4.50. The van der Waals surface area contributed by atoms with E-state index in [1.54, 1.807) is 9.58 Å². The molecule has 0 aliphatic carbocycles. The van der Waals surface area contributed by atoms with Gasteiger partial charge < -0.3 is 4.90 Å². The molecule has 2 rings (SSSR count). The van der Waals surface area contributed by atoms with Gasteiger partial charge in [0.25, 0.3) is 0 Å². The number of para-hydroxylation sites is 1. The lowest BCUT2D eigenvalue weighted by molar-refractivity contribution is -0.132. The van der Waals surface area contributed by atoms with Crippen molar-refractivity contribution in [1.29, 1.82) is 0 Å². The van der Waals surface area contributed by atoms with Crippen LogP contribution in [0.2, 0.25) is 0 Å². The van der Waals surface area contributed by atoms with Crippen molar-refractivity contribution in [3.05, 3.63) is 24.3 Å². The molecule has 0 bridgehead atoms. The number of hydrogen-bond acceptors (Lipinski definition) is 3. The van der Waals surface area contributed by atoms with E-state index in [0.717, 1.165) is 17.5 Å². The van der Waals surface area contributed by atoms with Crippen LogP contribution in [-0.2, 0) is 11.3 Å². The number of rotatable bonds is 4. The highest BCUT2D eigenvalue weighted by atomic mass is 16.2. The fourth-order valence-electron chi connectivity index (χ4n) is 1.79. The number of amides is 1. The topological polar surface area (TPSA) is 51.0 Å². The minimum absolute atomic E-state index is 0.0556. The lowest BCUT2D eigenvalue weighted by Crippen LogP contribution is -2.37. The van der Waals surface area contributed by atoms with Crippen LogP contribution in [0.5, 0.6) is 0 Å². The summed E-state index contributed by atoms with van der Waals surface area (Å²) in [6.07, 6.45) is 0.945. The predicted octanol–water partition coefficient (Wildman–Crippen LogP) is 1.69. The molecule has 1 heterocycles. The Hall–Kier alpha value is -1.91. The van der Waals surface area contributed by atoms with Crippen LogP contribution in [0.25, 0.3) is 11.0 Å². The van der Waals surface area contributed by atoms with Crippen molar-refractivity contribution in [3.8, 4) is 0 Å². The van der Waals surface area contributed by atoms with Crippen molar-refractivity contribution >= 4 is 16.9 Å². The minimum atomic E-state index is 0.0556. The molecule has 0 saturated carbocycles. The van der Waals surface area contributed by atoms with Crippen molar-refractivity contribution in [3.63, 3.8) is 0 Å². The van der Waals surface area contributed by atoms with Gasteiger partial charge in [-0.05, 0) is 25.5 Å². The van der Waals surface area contributed by atoms with Gasteiger partial charge in [-0.3, -0.25) is 4.79 Å². The van der Waals surface area contributed by atoms with E-state index in [9.17, 15) is 4.79 Å². The van der Waals surface area contributed by atoms with Gasteiger partial charge in [0.15, 0.2) is 0 Å². The summed E-state index contributed by atoms with van der Waals surface area (Å²) >= 11 is 0. The smallest absolute Gasteiger partial charge is 0.244 e. The number of likely N-dealkylation sites (N-methyl/N-ethyl adjacent to an activating group) is 1. The Morgan fingerprint density at radius 1 is 1.44 bits per heavy atom. The summed E-state index contributed by atoms with van der Waals surface area (Å²) < 4.78 is 1.65. The predicted molar refractivity (Wildman–Crippen MR) is 70.1 cm³/mol. The number of benzene rings is 1. The molecule has 1 unspecified atom stereocenters. The first-order valence-corrected chi connectivity index (χ1v) is 6.17. The molecule has 0 spiro atoms. The summed E-state index contributed by atoms with van der Waals surface area (Å²) in [6, 6.07) is 7.89. The van der Waals surface area contributed by atoms with Gasteiger partial charge in [0.2, 0.25) is 5.91 Å². The van der Waals surface area contributed by atoms with Crippen LogP contribution in [0.4, 0.5) is 0 Å². The number of carbonyl (C=O) groups is 1. The van der Waals surface area contributed by atoms with Crippen molar-refractivity contribution < 1.29 is 4.79 Å². The first kappa shape index (κ1) is 12.5. The van der Waals surface area contributed by atoms with E-state index in [1.807, 2.05) is 38.2 Å². The van der Waals surface area contributed by atoms with Crippen LogP contribution < -0.4 is 0 Å². The molecular formula is C13H18N4O. The second kappa shape index (κ2) is 5.16. The van der Waals surface area contributed by atoms with Gasteiger partial charge in [0, 0.05) is 13.1 Å². The van der Waals surface area contributed by atoms with E-state index in [-0.39, 0.29) is 18.5 Å². The van der Waals surface area contributed by atoms with Gasteiger partial charge in [-0.2, -0.15) is 0 Å². The maximum Gasteiger partial charge on any atom is 0.244 e. The summed E-state index contributed by atoms with van der Waals surface area (Å²) in [4.78, 5) is 13.9. The average molecular weight is 246 g/mol. The van der Waals surface area contributed by atoms with Gasteiger partial charge in [0.05, 0.1) is 5.52 Å². The molecule has 0 fully saturated rings. The van der Waals surface area contributed by atoms with E-state index in [2.05, 4.69) is 17.2 Å². The summed E-state index contributed by atoms with van der Waals surface area (Å²) in [5, 5.41) is 8.06. The molecule has 2 aromatic rings. The molecule has 5 nitrogen and oxygen atoms in total. The van der Waals surface area contributed by atoms with Gasteiger partial charge >= 0.3 is 0 Å². The van der Waals surface area contributed by atoms with Crippen molar-refractivity contribution in [2.75, 3.05) is 7.05 Å². The quantitative estimate of drug-likeness (QED) is 0.825. The zero-order valence-corrected chi connectivity index (χ0v) is 11.0.